The molecule has 0 saturated carbocycles. The van der Waals surface area contributed by atoms with E-state index in [4.69, 9.17) is 9.15 Å². The second kappa shape index (κ2) is 4.95. The fraction of sp³-hybridized carbons (Fsp3) is 0.333. The van der Waals surface area contributed by atoms with Crippen LogP contribution in [0.25, 0.3) is 0 Å². The topological polar surface area (TPSA) is 64.7 Å². The highest BCUT2D eigenvalue weighted by Gasteiger charge is 2.35. The Morgan fingerprint density at radius 2 is 2.06 bits per heavy atom. The molecule has 0 aromatic carbocycles. The average molecular weight is 250 g/mol. The Kier molecular flexibility index (Phi) is 3.36. The molecular weight excluding hydrogens is 236 g/mol. The van der Waals surface area contributed by atoms with Crippen molar-refractivity contribution < 1.29 is 13.9 Å². The summed E-state index contributed by atoms with van der Waals surface area (Å²) in [5, 5.41) is 0. The number of hydrogen-bond donors (Lipinski definition) is 0. The van der Waals surface area contributed by atoms with Gasteiger partial charge >= 0.3 is 11.8 Å². The number of carbonyl (C=O) groups is 1. The van der Waals surface area contributed by atoms with Gasteiger partial charge in [0, 0.05) is 13.1 Å². The molecule has 0 radical (unpaired) electrons. The van der Waals surface area contributed by atoms with E-state index in [1.165, 1.54) is 9.47 Å². The number of nitrogens with zero attached hydrogens (tertiary/aromatic N) is 2. The van der Waals surface area contributed by atoms with Gasteiger partial charge in [0.2, 0.25) is 0 Å². The number of cyclic esters (lactones) is 1. The summed E-state index contributed by atoms with van der Waals surface area (Å²) in [6, 6.07) is -0.380. The standard InChI is InChI=1S/C12H14N2O4/c1-3-5-13-7-10(18-11(13)15)9-8-17-12(16)14(9)6-4-2/h3-4,7,9H,1-2,5-6,8H2. The van der Waals surface area contributed by atoms with Gasteiger partial charge in [0.25, 0.3) is 0 Å². The predicted octanol–water partition coefficient (Wildman–Crippen LogP) is 1.31. The van der Waals surface area contributed by atoms with Gasteiger partial charge in [0.05, 0.1) is 6.20 Å². The third-order valence-electron chi connectivity index (χ3n) is 2.68. The summed E-state index contributed by atoms with van der Waals surface area (Å²) in [7, 11) is 0. The first-order chi connectivity index (χ1) is 8.67. The van der Waals surface area contributed by atoms with Crippen molar-refractivity contribution in [1.82, 2.24) is 9.47 Å². The van der Waals surface area contributed by atoms with Crippen molar-refractivity contribution in [2.45, 2.75) is 12.6 Å². The molecule has 0 spiro atoms. The van der Waals surface area contributed by atoms with Crippen LogP contribution in [0, 0.1) is 0 Å². The van der Waals surface area contributed by atoms with E-state index in [2.05, 4.69) is 13.2 Å². The molecule has 0 N–H and O–H groups in total. The summed E-state index contributed by atoms with van der Waals surface area (Å²) >= 11 is 0. The zero-order valence-corrected chi connectivity index (χ0v) is 9.87. The summed E-state index contributed by atoms with van der Waals surface area (Å²) < 4.78 is 11.5. The van der Waals surface area contributed by atoms with E-state index in [0.717, 1.165) is 0 Å². The van der Waals surface area contributed by atoms with Gasteiger partial charge in [-0.05, 0) is 0 Å². The Labute approximate surface area is 104 Å². The van der Waals surface area contributed by atoms with Gasteiger partial charge in [-0.25, -0.2) is 9.59 Å². The quantitative estimate of drug-likeness (QED) is 0.739. The van der Waals surface area contributed by atoms with Gasteiger partial charge in [-0.15, -0.1) is 13.2 Å². The first kappa shape index (κ1) is 12.2. The van der Waals surface area contributed by atoms with Crippen molar-refractivity contribution in [2.75, 3.05) is 13.2 Å². The smallest absolute Gasteiger partial charge is 0.419 e. The highest BCUT2D eigenvalue weighted by Crippen LogP contribution is 2.26. The van der Waals surface area contributed by atoms with Crippen molar-refractivity contribution in [1.29, 1.82) is 0 Å². The van der Waals surface area contributed by atoms with Crippen LogP contribution >= 0.6 is 0 Å². The van der Waals surface area contributed by atoms with Crippen LogP contribution in [-0.4, -0.2) is 28.7 Å². The van der Waals surface area contributed by atoms with Crippen LogP contribution in [0.2, 0.25) is 0 Å². The van der Waals surface area contributed by atoms with Gasteiger partial charge in [0.1, 0.15) is 12.6 Å². The largest absolute Gasteiger partial charge is 0.447 e. The van der Waals surface area contributed by atoms with E-state index in [-0.39, 0.29) is 12.6 Å². The van der Waals surface area contributed by atoms with Crippen LogP contribution < -0.4 is 5.76 Å². The summed E-state index contributed by atoms with van der Waals surface area (Å²) in [5.41, 5.74) is 0. The summed E-state index contributed by atoms with van der Waals surface area (Å²) in [6.45, 7) is 8.02. The number of aromatic nitrogens is 1. The SMILES string of the molecule is C=CCN1C(=O)OCC1c1cn(CC=C)c(=O)o1. The molecule has 0 bridgehead atoms. The maximum absolute atomic E-state index is 11.5. The lowest BCUT2D eigenvalue weighted by molar-refractivity contribution is 0.160. The number of carbonyl (C=O) groups excluding carboxylic acids is 1. The molecule has 1 aliphatic rings. The highest BCUT2D eigenvalue weighted by molar-refractivity contribution is 5.70. The predicted molar refractivity (Wildman–Crippen MR) is 64.2 cm³/mol. The van der Waals surface area contributed by atoms with Gasteiger partial charge in [0.15, 0.2) is 5.76 Å². The van der Waals surface area contributed by atoms with Gasteiger partial charge < -0.3 is 9.15 Å². The molecule has 0 aliphatic carbocycles. The number of allylic oxidation sites excluding steroid dienone is 1. The lowest BCUT2D eigenvalue weighted by Gasteiger charge is -2.16. The van der Waals surface area contributed by atoms with Gasteiger partial charge in [-0.1, -0.05) is 12.2 Å². The second-order valence-corrected chi connectivity index (χ2v) is 3.87. The molecule has 96 valence electrons. The second-order valence-electron chi connectivity index (χ2n) is 3.87. The normalized spacial score (nSPS) is 18.8. The van der Waals surface area contributed by atoms with Crippen molar-refractivity contribution in [3.05, 3.63) is 47.8 Å². The summed E-state index contributed by atoms with van der Waals surface area (Å²) in [6.07, 6.45) is 4.34. The fourth-order valence-corrected chi connectivity index (χ4v) is 1.84. The Balaban J connectivity index is 2.27. The summed E-state index contributed by atoms with van der Waals surface area (Å²) in [4.78, 5) is 24.5. The number of oxazole rings is 1. The highest BCUT2D eigenvalue weighted by atomic mass is 16.6. The summed E-state index contributed by atoms with van der Waals surface area (Å²) in [5.74, 6) is -0.0580. The van der Waals surface area contributed by atoms with Gasteiger partial charge in [-0.3, -0.25) is 9.47 Å². The van der Waals surface area contributed by atoms with Crippen LogP contribution in [0.4, 0.5) is 4.79 Å². The van der Waals surface area contributed by atoms with Crippen LogP contribution in [0.15, 0.2) is 40.7 Å². The first-order valence-electron chi connectivity index (χ1n) is 5.52. The average Bonchev–Trinajstić information content (AvgIpc) is 2.86. The Morgan fingerprint density at radius 3 is 2.72 bits per heavy atom. The molecule has 2 rings (SSSR count). The Morgan fingerprint density at radius 1 is 1.33 bits per heavy atom. The lowest BCUT2D eigenvalue weighted by atomic mass is 10.2. The Bertz CT molecular complexity index is 528. The molecular formula is C12H14N2O4. The molecule has 1 fully saturated rings. The molecule has 1 amide bonds. The van der Waals surface area contributed by atoms with E-state index in [1.54, 1.807) is 18.3 Å². The molecule has 1 saturated heterocycles. The first-order valence-corrected chi connectivity index (χ1v) is 5.52. The molecule has 1 unspecified atom stereocenters. The zero-order valence-electron chi connectivity index (χ0n) is 9.87. The van der Waals surface area contributed by atoms with E-state index >= 15 is 0 Å². The molecule has 1 aliphatic heterocycles. The molecule has 2 heterocycles. The molecule has 1 aromatic heterocycles. The monoisotopic (exact) mass is 250 g/mol. The van der Waals surface area contributed by atoms with Crippen LogP contribution in [0.1, 0.15) is 11.8 Å². The molecule has 1 aromatic rings. The maximum atomic E-state index is 11.5. The van der Waals surface area contributed by atoms with Crippen molar-refractivity contribution in [3.8, 4) is 0 Å². The van der Waals surface area contributed by atoms with Gasteiger partial charge in [-0.2, -0.15) is 0 Å². The Hall–Kier alpha value is -2.24. The number of ether oxygens (including phenoxy) is 1. The van der Waals surface area contributed by atoms with Crippen molar-refractivity contribution in [3.63, 3.8) is 0 Å². The van der Waals surface area contributed by atoms with Crippen LogP contribution in [-0.2, 0) is 11.3 Å². The minimum absolute atomic E-state index is 0.174. The van der Waals surface area contributed by atoms with E-state index < -0.39 is 11.8 Å². The molecule has 18 heavy (non-hydrogen) atoms. The minimum atomic E-state index is -0.470. The van der Waals surface area contributed by atoms with Crippen LogP contribution in [0.3, 0.4) is 0 Å². The van der Waals surface area contributed by atoms with Crippen molar-refractivity contribution in [2.24, 2.45) is 0 Å². The third kappa shape index (κ3) is 2.09. The minimum Gasteiger partial charge on any atom is -0.447 e. The number of hydrogen-bond acceptors (Lipinski definition) is 4. The molecule has 1 atom stereocenters. The fourth-order valence-electron chi connectivity index (χ4n) is 1.84. The van der Waals surface area contributed by atoms with E-state index in [9.17, 15) is 9.59 Å². The molecule has 6 nitrogen and oxygen atoms in total. The lowest BCUT2D eigenvalue weighted by Crippen LogP contribution is -2.27. The zero-order chi connectivity index (χ0) is 13.1. The van der Waals surface area contributed by atoms with E-state index in [0.29, 0.717) is 18.8 Å². The van der Waals surface area contributed by atoms with E-state index in [1.807, 2.05) is 0 Å². The van der Waals surface area contributed by atoms with Crippen LogP contribution in [0.5, 0.6) is 0 Å². The maximum Gasteiger partial charge on any atom is 0.419 e. The molecule has 6 heteroatoms. The number of rotatable bonds is 5. The third-order valence-corrected chi connectivity index (χ3v) is 2.68. The van der Waals surface area contributed by atoms with Crippen molar-refractivity contribution >= 4 is 6.09 Å². The number of amides is 1.